The predicted molar refractivity (Wildman–Crippen MR) is 68.8 cm³/mol. The molecule has 3 heteroatoms. The molecule has 0 aromatic carbocycles. The van der Waals surface area contributed by atoms with Gasteiger partial charge in [0.15, 0.2) is 0 Å². The first-order valence-corrected chi connectivity index (χ1v) is 6.91. The van der Waals surface area contributed by atoms with Crippen LogP contribution in [0.5, 0.6) is 0 Å². The molecule has 0 saturated heterocycles. The van der Waals surface area contributed by atoms with Crippen LogP contribution in [-0.4, -0.2) is 19.2 Å². The van der Waals surface area contributed by atoms with Crippen LogP contribution in [-0.2, 0) is 11.2 Å². The van der Waals surface area contributed by atoms with E-state index in [9.17, 15) is 0 Å². The molecule has 16 heavy (non-hydrogen) atoms. The van der Waals surface area contributed by atoms with E-state index in [1.807, 2.05) is 0 Å². The molecule has 1 aromatic heterocycles. The highest BCUT2D eigenvalue weighted by Gasteiger charge is 2.17. The molecular formula is C13H19NOS. The molecule has 1 atom stereocenters. The number of rotatable bonds is 5. The van der Waals surface area contributed by atoms with Crippen LogP contribution in [0.4, 0.5) is 0 Å². The summed E-state index contributed by atoms with van der Waals surface area (Å²) in [6, 6.07) is 2.54. The molecular weight excluding hydrogens is 218 g/mol. The Morgan fingerprint density at radius 3 is 3.12 bits per heavy atom. The number of nitrogens with one attached hydrogen (secondary N) is 1. The number of allylic oxidation sites excluding steroid dienone is 1. The van der Waals surface area contributed by atoms with Gasteiger partial charge in [0.2, 0.25) is 0 Å². The van der Waals surface area contributed by atoms with Crippen LogP contribution in [0, 0.1) is 0 Å². The SMILES string of the molecule is CCNC(Cc1ccsc1)C1=CCCCO1. The lowest BCUT2D eigenvalue weighted by molar-refractivity contribution is 0.167. The zero-order valence-corrected chi connectivity index (χ0v) is 10.6. The van der Waals surface area contributed by atoms with Crippen molar-refractivity contribution in [2.75, 3.05) is 13.2 Å². The van der Waals surface area contributed by atoms with Gasteiger partial charge in [-0.3, -0.25) is 0 Å². The van der Waals surface area contributed by atoms with Crippen LogP contribution in [0.1, 0.15) is 25.3 Å². The van der Waals surface area contributed by atoms with Gasteiger partial charge in [0.1, 0.15) is 5.76 Å². The van der Waals surface area contributed by atoms with Crippen LogP contribution < -0.4 is 5.32 Å². The van der Waals surface area contributed by atoms with E-state index >= 15 is 0 Å². The minimum Gasteiger partial charge on any atom is -0.497 e. The topological polar surface area (TPSA) is 21.3 Å². The Balaban J connectivity index is 2.01. The van der Waals surface area contributed by atoms with Crippen molar-refractivity contribution in [1.82, 2.24) is 5.32 Å². The summed E-state index contributed by atoms with van der Waals surface area (Å²) in [7, 11) is 0. The van der Waals surface area contributed by atoms with Gasteiger partial charge in [-0.2, -0.15) is 11.3 Å². The smallest absolute Gasteiger partial charge is 0.109 e. The average Bonchev–Trinajstić information content (AvgIpc) is 2.83. The molecule has 0 spiro atoms. The Hall–Kier alpha value is -0.800. The van der Waals surface area contributed by atoms with Gasteiger partial charge in [-0.1, -0.05) is 6.92 Å². The average molecular weight is 237 g/mol. The quantitative estimate of drug-likeness (QED) is 0.850. The maximum atomic E-state index is 5.74. The maximum Gasteiger partial charge on any atom is 0.109 e. The molecule has 1 aliphatic rings. The fourth-order valence-electron chi connectivity index (χ4n) is 1.98. The minimum absolute atomic E-state index is 0.347. The summed E-state index contributed by atoms with van der Waals surface area (Å²) in [6.07, 6.45) is 5.58. The van der Waals surface area contributed by atoms with Gasteiger partial charge in [-0.05, 0) is 54.3 Å². The molecule has 2 heterocycles. The van der Waals surface area contributed by atoms with Gasteiger partial charge < -0.3 is 10.1 Å². The van der Waals surface area contributed by atoms with Crippen molar-refractivity contribution in [3.8, 4) is 0 Å². The van der Waals surface area contributed by atoms with Crippen molar-refractivity contribution in [2.24, 2.45) is 0 Å². The van der Waals surface area contributed by atoms with E-state index in [2.05, 4.69) is 35.1 Å². The highest BCUT2D eigenvalue weighted by molar-refractivity contribution is 7.07. The zero-order valence-electron chi connectivity index (χ0n) is 9.74. The summed E-state index contributed by atoms with van der Waals surface area (Å²) in [4.78, 5) is 0. The second kappa shape index (κ2) is 6.06. The van der Waals surface area contributed by atoms with Crippen LogP contribution in [0.15, 0.2) is 28.7 Å². The summed E-state index contributed by atoms with van der Waals surface area (Å²) in [5.41, 5.74) is 1.39. The Labute approximate surface area is 101 Å². The maximum absolute atomic E-state index is 5.74. The fourth-order valence-corrected chi connectivity index (χ4v) is 2.67. The number of ether oxygens (including phenoxy) is 1. The van der Waals surface area contributed by atoms with Crippen LogP contribution in [0.2, 0.25) is 0 Å². The van der Waals surface area contributed by atoms with E-state index in [0.717, 1.165) is 38.2 Å². The number of hydrogen-bond acceptors (Lipinski definition) is 3. The molecule has 2 nitrogen and oxygen atoms in total. The van der Waals surface area contributed by atoms with E-state index < -0.39 is 0 Å². The van der Waals surface area contributed by atoms with Crippen LogP contribution in [0.3, 0.4) is 0 Å². The van der Waals surface area contributed by atoms with Gasteiger partial charge in [-0.15, -0.1) is 0 Å². The first-order valence-electron chi connectivity index (χ1n) is 5.97. The minimum atomic E-state index is 0.347. The van der Waals surface area contributed by atoms with Gasteiger partial charge in [0.05, 0.1) is 12.6 Å². The molecule has 1 aliphatic heterocycles. The summed E-state index contributed by atoms with van der Waals surface area (Å²) in [6.45, 7) is 4.00. The zero-order chi connectivity index (χ0) is 11.2. The lowest BCUT2D eigenvalue weighted by Gasteiger charge is -2.24. The third-order valence-corrected chi connectivity index (χ3v) is 3.51. The van der Waals surface area contributed by atoms with Crippen molar-refractivity contribution in [3.05, 3.63) is 34.2 Å². The number of thiophene rings is 1. The Morgan fingerprint density at radius 2 is 2.50 bits per heavy atom. The molecule has 1 unspecified atom stereocenters. The van der Waals surface area contributed by atoms with Crippen LogP contribution in [0.25, 0.3) is 0 Å². The van der Waals surface area contributed by atoms with Gasteiger partial charge in [0.25, 0.3) is 0 Å². The summed E-state index contributed by atoms with van der Waals surface area (Å²) in [5.74, 6) is 1.14. The normalized spacial score (nSPS) is 17.7. The molecule has 1 N–H and O–H groups in total. The van der Waals surface area contributed by atoms with Gasteiger partial charge in [0, 0.05) is 0 Å². The highest BCUT2D eigenvalue weighted by atomic mass is 32.1. The standard InChI is InChI=1S/C13H19NOS/c1-2-14-12(9-11-6-8-16-10-11)13-5-3-4-7-15-13/h5-6,8,10,12,14H,2-4,7,9H2,1H3. The van der Waals surface area contributed by atoms with Crippen molar-refractivity contribution in [1.29, 1.82) is 0 Å². The fraction of sp³-hybridized carbons (Fsp3) is 0.538. The molecule has 1 aromatic rings. The summed E-state index contributed by atoms with van der Waals surface area (Å²) >= 11 is 1.76. The van der Waals surface area contributed by atoms with Gasteiger partial charge >= 0.3 is 0 Å². The van der Waals surface area contributed by atoms with E-state index in [1.165, 1.54) is 5.56 Å². The van der Waals surface area contributed by atoms with Crippen molar-refractivity contribution in [2.45, 2.75) is 32.2 Å². The second-order valence-electron chi connectivity index (χ2n) is 4.04. The molecule has 2 rings (SSSR count). The molecule has 0 aliphatic carbocycles. The molecule has 0 radical (unpaired) electrons. The van der Waals surface area contributed by atoms with Gasteiger partial charge in [-0.25, -0.2) is 0 Å². The third-order valence-electron chi connectivity index (χ3n) is 2.78. The third kappa shape index (κ3) is 3.09. The Bertz CT molecular complexity index is 332. The van der Waals surface area contributed by atoms with E-state index in [0.29, 0.717) is 6.04 Å². The van der Waals surface area contributed by atoms with E-state index in [4.69, 9.17) is 4.74 Å². The Morgan fingerprint density at radius 1 is 1.56 bits per heavy atom. The molecule has 0 bridgehead atoms. The second-order valence-corrected chi connectivity index (χ2v) is 4.82. The van der Waals surface area contributed by atoms with E-state index in [1.54, 1.807) is 11.3 Å². The highest BCUT2D eigenvalue weighted by Crippen LogP contribution is 2.18. The van der Waals surface area contributed by atoms with Crippen molar-refractivity contribution < 1.29 is 4.74 Å². The lowest BCUT2D eigenvalue weighted by Crippen LogP contribution is -2.34. The largest absolute Gasteiger partial charge is 0.497 e. The summed E-state index contributed by atoms with van der Waals surface area (Å²) in [5, 5.41) is 7.85. The lowest BCUT2D eigenvalue weighted by atomic mass is 10.0. The first-order chi connectivity index (χ1) is 7.90. The molecule has 0 saturated carbocycles. The molecule has 88 valence electrons. The summed E-state index contributed by atoms with van der Waals surface area (Å²) < 4.78 is 5.74. The monoisotopic (exact) mass is 237 g/mol. The molecule has 0 amide bonds. The number of likely N-dealkylation sites (N-methyl/N-ethyl adjacent to an activating group) is 1. The van der Waals surface area contributed by atoms with Crippen molar-refractivity contribution in [3.63, 3.8) is 0 Å². The van der Waals surface area contributed by atoms with Crippen molar-refractivity contribution >= 4 is 11.3 Å². The molecule has 0 fully saturated rings. The Kier molecular flexibility index (Phi) is 4.43. The predicted octanol–water partition coefficient (Wildman–Crippen LogP) is 2.96. The van der Waals surface area contributed by atoms with Crippen LogP contribution >= 0.6 is 11.3 Å². The number of hydrogen-bond donors (Lipinski definition) is 1. The van der Waals surface area contributed by atoms with E-state index in [-0.39, 0.29) is 0 Å². The first kappa shape index (κ1) is 11.7.